The Morgan fingerprint density at radius 1 is 1.59 bits per heavy atom. The minimum absolute atomic E-state index is 0.137. The van der Waals surface area contributed by atoms with E-state index in [0.717, 1.165) is 10.9 Å². The topological polar surface area (TPSA) is 64.3 Å². The number of hydrogen-bond acceptors (Lipinski definition) is 3. The molecule has 0 aromatic heterocycles. The molecule has 5 heteroatoms. The Morgan fingerprint density at radius 3 is 2.88 bits per heavy atom. The SMILES string of the molecule is CCCNC(=O)C(C)Oc1c(N)cccc1Br. The van der Waals surface area contributed by atoms with Crippen LogP contribution >= 0.6 is 15.9 Å². The summed E-state index contributed by atoms with van der Waals surface area (Å²) in [6, 6.07) is 5.37. The van der Waals surface area contributed by atoms with E-state index in [9.17, 15) is 4.79 Å². The zero-order valence-corrected chi connectivity index (χ0v) is 11.6. The number of halogens is 1. The van der Waals surface area contributed by atoms with Gasteiger partial charge in [-0.2, -0.15) is 0 Å². The van der Waals surface area contributed by atoms with E-state index < -0.39 is 6.10 Å². The van der Waals surface area contributed by atoms with E-state index in [0.29, 0.717) is 18.0 Å². The highest BCUT2D eigenvalue weighted by Crippen LogP contribution is 2.31. The van der Waals surface area contributed by atoms with E-state index in [1.165, 1.54) is 0 Å². The first-order chi connectivity index (χ1) is 8.06. The summed E-state index contributed by atoms with van der Waals surface area (Å²) in [4.78, 5) is 11.6. The third kappa shape index (κ3) is 3.93. The molecule has 0 bridgehead atoms. The second-order valence-electron chi connectivity index (χ2n) is 3.71. The summed E-state index contributed by atoms with van der Waals surface area (Å²) in [6.07, 6.45) is 0.331. The molecule has 4 nitrogen and oxygen atoms in total. The number of para-hydroxylation sites is 1. The Balaban J connectivity index is 2.67. The van der Waals surface area contributed by atoms with Gasteiger partial charge in [0.1, 0.15) is 0 Å². The lowest BCUT2D eigenvalue weighted by Gasteiger charge is -2.16. The minimum Gasteiger partial charge on any atom is -0.478 e. The van der Waals surface area contributed by atoms with E-state index in [1.807, 2.05) is 19.1 Å². The van der Waals surface area contributed by atoms with Crippen molar-refractivity contribution in [2.24, 2.45) is 0 Å². The molecule has 1 aromatic rings. The van der Waals surface area contributed by atoms with Gasteiger partial charge in [-0.15, -0.1) is 0 Å². The Kier molecular flexibility index (Phi) is 5.28. The molecule has 3 N–H and O–H groups in total. The molecule has 0 heterocycles. The summed E-state index contributed by atoms with van der Waals surface area (Å²) in [5, 5.41) is 2.77. The van der Waals surface area contributed by atoms with Crippen LogP contribution in [0.1, 0.15) is 20.3 Å². The first kappa shape index (κ1) is 13.8. The third-order valence-corrected chi connectivity index (χ3v) is 2.83. The van der Waals surface area contributed by atoms with Crippen LogP contribution in [0.25, 0.3) is 0 Å². The van der Waals surface area contributed by atoms with Gasteiger partial charge in [0.25, 0.3) is 5.91 Å². The van der Waals surface area contributed by atoms with Crippen LogP contribution in [0, 0.1) is 0 Å². The van der Waals surface area contributed by atoms with Gasteiger partial charge < -0.3 is 15.8 Å². The minimum atomic E-state index is -0.567. The molecular weight excluding hydrogens is 284 g/mol. The highest BCUT2D eigenvalue weighted by Gasteiger charge is 2.16. The van der Waals surface area contributed by atoms with Crippen LogP contribution in [-0.2, 0) is 4.79 Å². The molecule has 0 aliphatic carbocycles. The van der Waals surface area contributed by atoms with Gasteiger partial charge in [0.05, 0.1) is 10.2 Å². The monoisotopic (exact) mass is 300 g/mol. The van der Waals surface area contributed by atoms with Crippen molar-refractivity contribution >= 4 is 27.5 Å². The number of hydrogen-bond donors (Lipinski definition) is 2. The molecule has 1 atom stereocenters. The van der Waals surface area contributed by atoms with Gasteiger partial charge in [-0.25, -0.2) is 0 Å². The molecule has 0 saturated heterocycles. The maximum Gasteiger partial charge on any atom is 0.260 e. The average Bonchev–Trinajstić information content (AvgIpc) is 2.30. The quantitative estimate of drug-likeness (QED) is 0.820. The molecule has 0 radical (unpaired) electrons. The van der Waals surface area contributed by atoms with Crippen LogP contribution in [0.4, 0.5) is 5.69 Å². The van der Waals surface area contributed by atoms with E-state index in [2.05, 4.69) is 21.2 Å². The van der Waals surface area contributed by atoms with Gasteiger partial charge in [-0.3, -0.25) is 4.79 Å². The van der Waals surface area contributed by atoms with Crippen molar-refractivity contribution in [3.63, 3.8) is 0 Å². The highest BCUT2D eigenvalue weighted by atomic mass is 79.9. The Bertz CT molecular complexity index is 376. The Morgan fingerprint density at radius 2 is 2.29 bits per heavy atom. The average molecular weight is 301 g/mol. The summed E-state index contributed by atoms with van der Waals surface area (Å²) in [5.74, 6) is 0.369. The molecule has 94 valence electrons. The molecular formula is C12H17BrN2O2. The summed E-state index contributed by atoms with van der Waals surface area (Å²) in [7, 11) is 0. The maximum atomic E-state index is 11.6. The lowest BCUT2D eigenvalue weighted by molar-refractivity contribution is -0.127. The normalized spacial score (nSPS) is 11.9. The van der Waals surface area contributed by atoms with Crippen LogP contribution in [-0.4, -0.2) is 18.6 Å². The number of carbonyl (C=O) groups excluding carboxylic acids is 1. The van der Waals surface area contributed by atoms with Gasteiger partial charge in [-0.1, -0.05) is 13.0 Å². The van der Waals surface area contributed by atoms with E-state index in [-0.39, 0.29) is 5.91 Å². The maximum absolute atomic E-state index is 11.6. The number of nitrogens with one attached hydrogen (secondary N) is 1. The fourth-order valence-electron chi connectivity index (χ4n) is 1.27. The van der Waals surface area contributed by atoms with Crippen molar-refractivity contribution in [2.45, 2.75) is 26.4 Å². The van der Waals surface area contributed by atoms with Gasteiger partial charge in [0, 0.05) is 6.54 Å². The first-order valence-corrected chi connectivity index (χ1v) is 6.34. The fraction of sp³-hybridized carbons (Fsp3) is 0.417. The predicted octanol–water partition coefficient (Wildman–Crippen LogP) is 2.32. The Hall–Kier alpha value is -1.23. The molecule has 1 aromatic carbocycles. The van der Waals surface area contributed by atoms with Crippen LogP contribution in [0.5, 0.6) is 5.75 Å². The highest BCUT2D eigenvalue weighted by molar-refractivity contribution is 9.10. The standard InChI is InChI=1S/C12H17BrN2O2/c1-3-7-15-12(16)8(2)17-11-9(13)5-4-6-10(11)14/h4-6,8H,3,7,14H2,1-2H3,(H,15,16). The van der Waals surface area contributed by atoms with Gasteiger partial charge in [-0.05, 0) is 41.4 Å². The molecule has 1 amide bonds. The molecule has 1 rings (SSSR count). The van der Waals surface area contributed by atoms with E-state index in [1.54, 1.807) is 13.0 Å². The van der Waals surface area contributed by atoms with Crippen LogP contribution in [0.15, 0.2) is 22.7 Å². The number of anilines is 1. The molecule has 0 spiro atoms. The van der Waals surface area contributed by atoms with E-state index in [4.69, 9.17) is 10.5 Å². The van der Waals surface area contributed by atoms with Gasteiger partial charge in [0.15, 0.2) is 11.9 Å². The zero-order valence-electron chi connectivity index (χ0n) is 10.00. The molecule has 1 unspecified atom stereocenters. The van der Waals surface area contributed by atoms with Crippen LogP contribution in [0.2, 0.25) is 0 Å². The molecule has 0 fully saturated rings. The smallest absolute Gasteiger partial charge is 0.260 e. The second-order valence-corrected chi connectivity index (χ2v) is 4.56. The first-order valence-electron chi connectivity index (χ1n) is 5.54. The summed E-state index contributed by atoms with van der Waals surface area (Å²) < 4.78 is 6.29. The number of nitrogens with two attached hydrogens (primary N) is 1. The van der Waals surface area contributed by atoms with Crippen molar-refractivity contribution in [1.82, 2.24) is 5.32 Å². The number of rotatable bonds is 5. The van der Waals surface area contributed by atoms with Crippen molar-refractivity contribution < 1.29 is 9.53 Å². The lowest BCUT2D eigenvalue weighted by atomic mass is 10.3. The number of ether oxygens (including phenoxy) is 1. The summed E-state index contributed by atoms with van der Waals surface area (Å²) >= 11 is 3.34. The largest absolute Gasteiger partial charge is 0.478 e. The van der Waals surface area contributed by atoms with Gasteiger partial charge in [0.2, 0.25) is 0 Å². The summed E-state index contributed by atoms with van der Waals surface area (Å²) in [6.45, 7) is 4.35. The Labute approximate surface area is 110 Å². The summed E-state index contributed by atoms with van der Waals surface area (Å²) in [5.41, 5.74) is 6.29. The van der Waals surface area contributed by atoms with Crippen molar-refractivity contribution in [1.29, 1.82) is 0 Å². The molecule has 0 aliphatic heterocycles. The third-order valence-electron chi connectivity index (χ3n) is 2.21. The molecule has 0 saturated carbocycles. The van der Waals surface area contributed by atoms with Crippen molar-refractivity contribution in [3.05, 3.63) is 22.7 Å². The predicted molar refractivity (Wildman–Crippen MR) is 71.9 cm³/mol. The second kappa shape index (κ2) is 6.49. The van der Waals surface area contributed by atoms with Crippen LogP contribution in [0.3, 0.4) is 0 Å². The van der Waals surface area contributed by atoms with Crippen molar-refractivity contribution in [2.75, 3.05) is 12.3 Å². The molecule has 0 aliphatic rings. The van der Waals surface area contributed by atoms with E-state index >= 15 is 0 Å². The van der Waals surface area contributed by atoms with Crippen molar-refractivity contribution in [3.8, 4) is 5.75 Å². The zero-order chi connectivity index (χ0) is 12.8. The fourth-order valence-corrected chi connectivity index (χ4v) is 1.75. The number of carbonyl (C=O) groups is 1. The molecule has 17 heavy (non-hydrogen) atoms. The van der Waals surface area contributed by atoms with Crippen LogP contribution < -0.4 is 15.8 Å². The number of amides is 1. The number of nitrogen functional groups attached to an aromatic ring is 1. The van der Waals surface area contributed by atoms with Gasteiger partial charge >= 0.3 is 0 Å². The number of benzene rings is 1. The lowest BCUT2D eigenvalue weighted by Crippen LogP contribution is -2.36.